The second-order valence-corrected chi connectivity index (χ2v) is 6.25. The predicted molar refractivity (Wildman–Crippen MR) is 88.4 cm³/mol. The van der Waals surface area contributed by atoms with E-state index < -0.39 is 0 Å². The quantitative estimate of drug-likeness (QED) is 0.520. The van der Waals surface area contributed by atoms with Gasteiger partial charge in [-0.15, -0.1) is 0 Å². The van der Waals surface area contributed by atoms with Crippen molar-refractivity contribution in [2.45, 2.75) is 33.6 Å². The van der Waals surface area contributed by atoms with Gasteiger partial charge in [0.2, 0.25) is 0 Å². The highest BCUT2D eigenvalue weighted by Crippen LogP contribution is 2.33. The largest absolute Gasteiger partial charge is 0.354 e. The van der Waals surface area contributed by atoms with Crippen LogP contribution in [0.25, 0.3) is 11.3 Å². The molecule has 0 aliphatic heterocycles. The minimum atomic E-state index is 0.0164. The number of Topliss-reactive ketones (excluding diaryl/α,β-unsaturated/α-hetero) is 1. The first-order valence-electron chi connectivity index (χ1n) is 6.41. The Kier molecular flexibility index (Phi) is 4.86. The second kappa shape index (κ2) is 6.26. The average Bonchev–Trinajstić information content (AvgIpc) is 2.76. The maximum atomic E-state index is 12.0. The number of carbonyl (C=O) groups is 1. The van der Waals surface area contributed by atoms with E-state index in [-0.39, 0.29) is 5.78 Å². The molecule has 1 aromatic heterocycles. The second-order valence-electron chi connectivity index (χ2n) is 4.76. The fraction of sp³-hybridized carbons (Fsp3) is 0.333. The van der Waals surface area contributed by atoms with Gasteiger partial charge < -0.3 is 4.52 Å². The molecule has 0 saturated carbocycles. The van der Waals surface area contributed by atoms with Crippen LogP contribution in [0.4, 0.5) is 0 Å². The summed E-state index contributed by atoms with van der Waals surface area (Å²) in [7, 11) is 0. The molecule has 0 aliphatic rings. The van der Waals surface area contributed by atoms with E-state index >= 15 is 0 Å². The average molecular weight is 404 g/mol. The van der Waals surface area contributed by atoms with E-state index in [0.717, 1.165) is 26.7 Å². The molecule has 2 aromatic rings. The standard InChI is InChI=1S/C15H15ClINO2/c1-4-5-12(19)14-13(17)15(20-18-14)10-7-11(16)9(3)6-8(10)2/h6-7H,4-5H2,1-3H3. The van der Waals surface area contributed by atoms with E-state index in [0.29, 0.717) is 22.9 Å². The van der Waals surface area contributed by atoms with Crippen molar-refractivity contribution in [2.24, 2.45) is 0 Å². The normalized spacial score (nSPS) is 10.8. The molecule has 0 spiro atoms. The molecule has 1 aromatic carbocycles. The number of carbonyl (C=O) groups excluding carboxylic acids is 1. The lowest BCUT2D eigenvalue weighted by molar-refractivity contribution is 0.0972. The zero-order valence-electron chi connectivity index (χ0n) is 11.6. The van der Waals surface area contributed by atoms with Crippen LogP contribution in [-0.4, -0.2) is 10.9 Å². The zero-order valence-corrected chi connectivity index (χ0v) is 14.5. The number of rotatable bonds is 4. The van der Waals surface area contributed by atoms with Gasteiger partial charge in [0.1, 0.15) is 0 Å². The highest BCUT2D eigenvalue weighted by Gasteiger charge is 2.21. The minimum Gasteiger partial charge on any atom is -0.354 e. The van der Waals surface area contributed by atoms with Crippen molar-refractivity contribution in [3.63, 3.8) is 0 Å². The summed E-state index contributed by atoms with van der Waals surface area (Å²) in [4.78, 5) is 12.0. The number of aryl methyl sites for hydroxylation is 2. The summed E-state index contributed by atoms with van der Waals surface area (Å²) >= 11 is 8.29. The first-order chi connectivity index (χ1) is 9.45. The molecule has 3 nitrogen and oxygen atoms in total. The summed E-state index contributed by atoms with van der Waals surface area (Å²) < 4.78 is 6.14. The third kappa shape index (κ3) is 2.91. The smallest absolute Gasteiger partial charge is 0.185 e. The van der Waals surface area contributed by atoms with Crippen molar-refractivity contribution < 1.29 is 9.32 Å². The molecule has 0 aliphatic carbocycles. The summed E-state index contributed by atoms with van der Waals surface area (Å²) in [6.07, 6.45) is 1.28. The van der Waals surface area contributed by atoms with Crippen molar-refractivity contribution in [2.75, 3.05) is 0 Å². The summed E-state index contributed by atoms with van der Waals surface area (Å²) in [6, 6.07) is 3.87. The van der Waals surface area contributed by atoms with Gasteiger partial charge in [0, 0.05) is 17.0 Å². The summed E-state index contributed by atoms with van der Waals surface area (Å²) in [5.74, 6) is 0.632. The van der Waals surface area contributed by atoms with Crippen molar-refractivity contribution >= 4 is 40.0 Å². The van der Waals surface area contributed by atoms with E-state index in [9.17, 15) is 4.79 Å². The Morgan fingerprint density at radius 1 is 1.35 bits per heavy atom. The highest BCUT2D eigenvalue weighted by atomic mass is 127. The number of nitrogens with zero attached hydrogens (tertiary/aromatic N) is 1. The Bertz CT molecular complexity index is 664. The Morgan fingerprint density at radius 2 is 2.05 bits per heavy atom. The summed E-state index contributed by atoms with van der Waals surface area (Å²) in [5, 5.41) is 4.61. The van der Waals surface area contributed by atoms with Crippen LogP contribution in [-0.2, 0) is 0 Å². The first kappa shape index (κ1) is 15.5. The SMILES string of the molecule is CCCC(=O)c1noc(-c2cc(Cl)c(C)cc2C)c1I. The molecule has 20 heavy (non-hydrogen) atoms. The van der Waals surface area contributed by atoms with Gasteiger partial charge in [0.25, 0.3) is 0 Å². The number of aromatic nitrogens is 1. The van der Waals surface area contributed by atoms with Crippen LogP contribution in [0.1, 0.15) is 41.4 Å². The van der Waals surface area contributed by atoms with Gasteiger partial charge in [0.05, 0.1) is 3.57 Å². The van der Waals surface area contributed by atoms with Crippen LogP contribution in [0, 0.1) is 17.4 Å². The molecule has 0 unspecified atom stereocenters. The molecular weight excluding hydrogens is 389 g/mol. The molecule has 0 N–H and O–H groups in total. The molecule has 2 rings (SSSR count). The molecule has 0 fully saturated rings. The van der Waals surface area contributed by atoms with Crippen molar-refractivity contribution in [1.29, 1.82) is 0 Å². The number of hydrogen-bond acceptors (Lipinski definition) is 3. The Morgan fingerprint density at radius 3 is 2.70 bits per heavy atom. The lowest BCUT2D eigenvalue weighted by Gasteiger charge is -2.06. The van der Waals surface area contributed by atoms with Crippen LogP contribution in [0.2, 0.25) is 5.02 Å². The number of ketones is 1. The lowest BCUT2D eigenvalue weighted by Crippen LogP contribution is -2.00. The Hall–Kier alpha value is -0.880. The maximum Gasteiger partial charge on any atom is 0.185 e. The number of hydrogen-bond donors (Lipinski definition) is 0. The molecule has 0 bridgehead atoms. The van der Waals surface area contributed by atoms with E-state index in [1.54, 1.807) is 0 Å². The van der Waals surface area contributed by atoms with E-state index in [1.165, 1.54) is 0 Å². The Balaban J connectivity index is 2.50. The minimum absolute atomic E-state index is 0.0164. The topological polar surface area (TPSA) is 43.1 Å². The first-order valence-corrected chi connectivity index (χ1v) is 7.86. The monoisotopic (exact) mass is 403 g/mol. The predicted octanol–water partition coefficient (Wildman–Crippen LogP) is 5.20. The van der Waals surface area contributed by atoms with Crippen molar-refractivity contribution in [3.8, 4) is 11.3 Å². The van der Waals surface area contributed by atoms with Gasteiger partial charge in [-0.1, -0.05) is 29.7 Å². The van der Waals surface area contributed by atoms with Gasteiger partial charge in [-0.25, -0.2) is 0 Å². The van der Waals surface area contributed by atoms with Crippen molar-refractivity contribution in [3.05, 3.63) is 37.5 Å². The molecule has 106 valence electrons. The fourth-order valence-corrected chi connectivity index (χ4v) is 2.99. The Labute approximate surface area is 136 Å². The number of benzene rings is 1. The van der Waals surface area contributed by atoms with E-state index in [2.05, 4.69) is 27.7 Å². The molecule has 0 saturated heterocycles. The van der Waals surface area contributed by atoms with E-state index in [1.807, 2.05) is 32.9 Å². The summed E-state index contributed by atoms with van der Waals surface area (Å²) in [6.45, 7) is 5.92. The molecular formula is C15H15ClINO2. The number of halogens is 2. The van der Waals surface area contributed by atoms with Crippen LogP contribution in [0.15, 0.2) is 16.7 Å². The molecule has 0 radical (unpaired) electrons. The van der Waals surface area contributed by atoms with Gasteiger partial charge in [-0.3, -0.25) is 4.79 Å². The third-order valence-corrected chi connectivity index (χ3v) is 4.53. The van der Waals surface area contributed by atoms with E-state index in [4.69, 9.17) is 16.1 Å². The van der Waals surface area contributed by atoms with Gasteiger partial charge in [-0.2, -0.15) is 0 Å². The van der Waals surface area contributed by atoms with Crippen LogP contribution in [0.3, 0.4) is 0 Å². The van der Waals surface area contributed by atoms with Gasteiger partial charge in [-0.05, 0) is 60.1 Å². The van der Waals surface area contributed by atoms with Crippen molar-refractivity contribution in [1.82, 2.24) is 5.16 Å². The zero-order chi connectivity index (χ0) is 14.9. The fourth-order valence-electron chi connectivity index (χ4n) is 2.04. The molecule has 0 atom stereocenters. The van der Waals surface area contributed by atoms with Gasteiger partial charge >= 0.3 is 0 Å². The van der Waals surface area contributed by atoms with Crippen LogP contribution in [0.5, 0.6) is 0 Å². The van der Waals surface area contributed by atoms with Crippen LogP contribution >= 0.6 is 34.2 Å². The molecule has 0 amide bonds. The van der Waals surface area contributed by atoms with Gasteiger partial charge in [0.15, 0.2) is 17.2 Å². The molecule has 5 heteroatoms. The van der Waals surface area contributed by atoms with Crippen LogP contribution < -0.4 is 0 Å². The molecule has 1 heterocycles. The third-order valence-electron chi connectivity index (χ3n) is 3.13. The highest BCUT2D eigenvalue weighted by molar-refractivity contribution is 14.1. The maximum absolute atomic E-state index is 12.0. The lowest BCUT2D eigenvalue weighted by atomic mass is 10.0. The summed E-state index contributed by atoms with van der Waals surface area (Å²) in [5.41, 5.74) is 3.37.